The molecule has 4 nitrogen and oxygen atoms in total. The van der Waals surface area contributed by atoms with E-state index in [1.54, 1.807) is 0 Å². The molecule has 22 heavy (non-hydrogen) atoms. The molecule has 0 aromatic heterocycles. The maximum Gasteiger partial charge on any atom is 0.226 e. The summed E-state index contributed by atoms with van der Waals surface area (Å²) in [7, 11) is 0. The number of nitrogens with two attached hydrogens (primary N) is 1. The number of benzene rings is 1. The van der Waals surface area contributed by atoms with Gasteiger partial charge in [-0.2, -0.15) is 0 Å². The number of hydrogen-bond donors (Lipinski definition) is 1. The molecule has 0 bridgehead atoms. The lowest BCUT2D eigenvalue weighted by Crippen LogP contribution is -2.43. The lowest BCUT2D eigenvalue weighted by atomic mass is 10.0. The van der Waals surface area contributed by atoms with Crippen LogP contribution in [0, 0.1) is 5.92 Å². The molecule has 5 heteroatoms. The average molecular weight is 324 g/mol. The summed E-state index contributed by atoms with van der Waals surface area (Å²) in [6.07, 6.45) is 1.00. The number of rotatable bonds is 4. The predicted octanol–water partition coefficient (Wildman–Crippen LogP) is 2.36. The van der Waals surface area contributed by atoms with Gasteiger partial charge in [-0.15, -0.1) is 0 Å². The van der Waals surface area contributed by atoms with Crippen molar-refractivity contribution in [3.05, 3.63) is 34.9 Å². The number of hydrogen-bond acceptors (Lipinski definition) is 3. The number of halogens is 1. The van der Waals surface area contributed by atoms with Crippen LogP contribution < -0.4 is 5.73 Å². The first-order chi connectivity index (χ1) is 10.5. The van der Waals surface area contributed by atoms with Gasteiger partial charge < -0.3 is 10.6 Å². The predicted molar refractivity (Wildman–Crippen MR) is 90.7 cm³/mol. The van der Waals surface area contributed by atoms with Crippen LogP contribution in [0.25, 0.3) is 0 Å². The van der Waals surface area contributed by atoms with Gasteiger partial charge in [0.05, 0.1) is 5.92 Å². The lowest BCUT2D eigenvalue weighted by molar-refractivity contribution is -0.135. The fourth-order valence-electron chi connectivity index (χ4n) is 2.71. The maximum atomic E-state index is 12.4. The first-order valence-electron chi connectivity index (χ1n) is 7.98. The molecule has 0 radical (unpaired) electrons. The van der Waals surface area contributed by atoms with Gasteiger partial charge in [0.1, 0.15) is 0 Å². The molecule has 2 rings (SSSR count). The molecule has 1 fully saturated rings. The van der Waals surface area contributed by atoms with Crippen LogP contribution in [0.4, 0.5) is 0 Å². The minimum atomic E-state index is -0.109. The van der Waals surface area contributed by atoms with E-state index >= 15 is 0 Å². The third-order valence-electron chi connectivity index (χ3n) is 4.40. The Hall–Kier alpha value is -1.10. The zero-order valence-corrected chi connectivity index (χ0v) is 14.2. The van der Waals surface area contributed by atoms with E-state index in [2.05, 4.69) is 17.0 Å². The van der Waals surface area contributed by atoms with E-state index in [1.165, 1.54) is 5.56 Å². The highest BCUT2D eigenvalue weighted by Crippen LogP contribution is 2.14. The minimum Gasteiger partial charge on any atom is -0.341 e. The number of nitrogens with zero attached hydrogens (tertiary/aromatic N) is 2. The number of carbonyl (C=O) groups excluding carboxylic acids is 1. The molecule has 1 aliphatic rings. The zero-order valence-electron chi connectivity index (χ0n) is 13.5. The summed E-state index contributed by atoms with van der Waals surface area (Å²) >= 11 is 5.92. The van der Waals surface area contributed by atoms with Gasteiger partial charge in [-0.05, 0) is 31.0 Å². The van der Waals surface area contributed by atoms with Gasteiger partial charge in [0.25, 0.3) is 0 Å². The fourth-order valence-corrected chi connectivity index (χ4v) is 2.84. The van der Waals surface area contributed by atoms with Crippen molar-refractivity contribution in [1.29, 1.82) is 0 Å². The molecular formula is C17H26ClN3O. The van der Waals surface area contributed by atoms with E-state index in [4.69, 9.17) is 17.3 Å². The molecule has 1 amide bonds. The molecule has 122 valence electrons. The molecule has 0 spiro atoms. The highest BCUT2D eigenvalue weighted by Gasteiger charge is 2.25. The summed E-state index contributed by atoms with van der Waals surface area (Å²) in [5, 5.41) is 0.765. The van der Waals surface area contributed by atoms with Gasteiger partial charge in [-0.25, -0.2) is 0 Å². The molecule has 1 heterocycles. The molecule has 1 saturated heterocycles. The molecule has 1 aromatic rings. The van der Waals surface area contributed by atoms with Gasteiger partial charge in [0.15, 0.2) is 0 Å². The molecule has 2 N–H and O–H groups in total. The van der Waals surface area contributed by atoms with E-state index in [0.29, 0.717) is 0 Å². The molecule has 0 saturated carbocycles. The Kier molecular flexibility index (Phi) is 6.24. The van der Waals surface area contributed by atoms with Crippen molar-refractivity contribution in [2.24, 2.45) is 11.7 Å². The Bertz CT molecular complexity index is 489. The first kappa shape index (κ1) is 17.3. The van der Waals surface area contributed by atoms with E-state index in [9.17, 15) is 4.79 Å². The Morgan fingerprint density at radius 1 is 1.18 bits per heavy atom. The van der Waals surface area contributed by atoms with E-state index in [-0.39, 0.29) is 17.9 Å². The summed E-state index contributed by atoms with van der Waals surface area (Å²) < 4.78 is 0. The molecule has 0 aliphatic carbocycles. The maximum absolute atomic E-state index is 12.4. The second-order valence-corrected chi connectivity index (χ2v) is 6.67. The van der Waals surface area contributed by atoms with Gasteiger partial charge in [-0.1, -0.05) is 30.7 Å². The Morgan fingerprint density at radius 2 is 1.86 bits per heavy atom. The third-order valence-corrected chi connectivity index (χ3v) is 4.65. The Morgan fingerprint density at radius 3 is 2.50 bits per heavy atom. The topological polar surface area (TPSA) is 49.6 Å². The second kappa shape index (κ2) is 7.95. The minimum absolute atomic E-state index is 0.0964. The van der Waals surface area contributed by atoms with Crippen molar-refractivity contribution in [3.8, 4) is 0 Å². The second-order valence-electron chi connectivity index (χ2n) is 6.23. The Labute approximate surface area is 138 Å². The number of carbonyl (C=O) groups is 1. The normalized spacial score (nSPS) is 19.5. The summed E-state index contributed by atoms with van der Waals surface area (Å²) in [6, 6.07) is 7.88. The lowest BCUT2D eigenvalue weighted by Gasteiger charge is -2.26. The zero-order chi connectivity index (χ0) is 16.1. The van der Waals surface area contributed by atoms with Crippen molar-refractivity contribution in [1.82, 2.24) is 9.80 Å². The van der Waals surface area contributed by atoms with Crippen LogP contribution in [0.2, 0.25) is 5.02 Å². The molecule has 2 atom stereocenters. The third kappa shape index (κ3) is 4.70. The van der Waals surface area contributed by atoms with Crippen molar-refractivity contribution < 1.29 is 4.79 Å². The van der Waals surface area contributed by atoms with Crippen LogP contribution >= 0.6 is 11.6 Å². The highest BCUT2D eigenvalue weighted by molar-refractivity contribution is 6.30. The smallest absolute Gasteiger partial charge is 0.226 e. The van der Waals surface area contributed by atoms with Crippen LogP contribution in [0.3, 0.4) is 0 Å². The van der Waals surface area contributed by atoms with Crippen molar-refractivity contribution >= 4 is 17.5 Å². The standard InChI is InChI=1S/C17H26ClN3O/c1-13(14(2)19)17(22)21-9-3-8-20(10-11-21)12-15-4-6-16(18)7-5-15/h4-7,13-14H,3,8-12,19H2,1-2H3. The van der Waals surface area contributed by atoms with Crippen LogP contribution in [0.15, 0.2) is 24.3 Å². The van der Waals surface area contributed by atoms with Gasteiger partial charge in [-0.3, -0.25) is 9.69 Å². The summed E-state index contributed by atoms with van der Waals surface area (Å²) in [5.74, 6) is 0.0751. The van der Waals surface area contributed by atoms with Crippen LogP contribution in [-0.2, 0) is 11.3 Å². The monoisotopic (exact) mass is 323 g/mol. The van der Waals surface area contributed by atoms with Gasteiger partial charge in [0, 0.05) is 43.8 Å². The fraction of sp³-hybridized carbons (Fsp3) is 0.588. The Balaban J connectivity index is 1.89. The van der Waals surface area contributed by atoms with Crippen molar-refractivity contribution in [2.45, 2.75) is 32.9 Å². The van der Waals surface area contributed by atoms with E-state index in [1.807, 2.05) is 30.9 Å². The summed E-state index contributed by atoms with van der Waals surface area (Å²) in [4.78, 5) is 16.8. The SMILES string of the molecule is CC(N)C(C)C(=O)N1CCCN(Cc2ccc(Cl)cc2)CC1. The largest absolute Gasteiger partial charge is 0.341 e. The average Bonchev–Trinajstić information content (AvgIpc) is 2.73. The van der Waals surface area contributed by atoms with E-state index < -0.39 is 0 Å². The van der Waals surface area contributed by atoms with Crippen molar-refractivity contribution in [2.75, 3.05) is 26.2 Å². The molecular weight excluding hydrogens is 298 g/mol. The summed E-state index contributed by atoms with van der Waals surface area (Å²) in [6.45, 7) is 8.24. The molecule has 1 aliphatic heterocycles. The quantitative estimate of drug-likeness (QED) is 0.925. The van der Waals surface area contributed by atoms with Crippen LogP contribution in [0.1, 0.15) is 25.8 Å². The summed E-state index contributed by atoms with van der Waals surface area (Å²) in [5.41, 5.74) is 7.11. The molecule has 2 unspecified atom stereocenters. The molecule has 1 aromatic carbocycles. The number of amides is 1. The van der Waals surface area contributed by atoms with Gasteiger partial charge in [0.2, 0.25) is 5.91 Å². The first-order valence-corrected chi connectivity index (χ1v) is 8.36. The van der Waals surface area contributed by atoms with Crippen LogP contribution in [-0.4, -0.2) is 47.9 Å². The van der Waals surface area contributed by atoms with Crippen molar-refractivity contribution in [3.63, 3.8) is 0 Å². The van der Waals surface area contributed by atoms with Gasteiger partial charge >= 0.3 is 0 Å². The van der Waals surface area contributed by atoms with Crippen LogP contribution in [0.5, 0.6) is 0 Å². The highest BCUT2D eigenvalue weighted by atomic mass is 35.5. The van der Waals surface area contributed by atoms with E-state index in [0.717, 1.165) is 44.2 Å².